The quantitative estimate of drug-likeness (QED) is 0.459. The molecule has 2 aromatic carbocycles. The Morgan fingerprint density at radius 2 is 2.00 bits per heavy atom. The van der Waals surface area contributed by atoms with E-state index >= 15 is 0 Å². The monoisotopic (exact) mass is 404 g/mol. The molecule has 0 radical (unpaired) electrons. The van der Waals surface area contributed by atoms with Gasteiger partial charge in [0.05, 0.1) is 8.49 Å². The zero-order valence-corrected chi connectivity index (χ0v) is 13.1. The minimum atomic E-state index is -0.581. The molecule has 1 atom stereocenters. The molecule has 1 unspecified atom stereocenters. The third-order valence-corrected chi connectivity index (χ3v) is 3.78. The lowest BCUT2D eigenvalue weighted by Crippen LogP contribution is -2.09. The van der Waals surface area contributed by atoms with Gasteiger partial charge in [0.1, 0.15) is 17.3 Å². The Hall–Kier alpha value is -1.77. The number of hydrogen-bond donors (Lipinski definition) is 1. The maximum Gasteiger partial charge on any atom is 0.293 e. The van der Waals surface area contributed by atoms with Crippen LogP contribution in [0, 0.1) is 25.3 Å². The summed E-state index contributed by atoms with van der Waals surface area (Å²) in [6, 6.07) is 7.71. The van der Waals surface area contributed by atoms with Gasteiger partial charge >= 0.3 is 0 Å². The third-order valence-electron chi connectivity index (χ3n) is 2.96. The Labute approximate surface area is 133 Å². The summed E-state index contributed by atoms with van der Waals surface area (Å²) in [5.41, 5.74) is 0.460. The molecule has 0 bridgehead atoms. The molecule has 0 saturated heterocycles. The topological polar surface area (TPSA) is 55.2 Å². The second-order valence-corrected chi connectivity index (χ2v) is 5.62. The molecule has 0 amide bonds. The summed E-state index contributed by atoms with van der Waals surface area (Å²) in [6.45, 7) is 1.72. The maximum absolute atomic E-state index is 13.6. The molecule has 1 N–H and O–H groups in total. The van der Waals surface area contributed by atoms with E-state index in [1.807, 2.05) is 0 Å². The summed E-state index contributed by atoms with van der Waals surface area (Å²) in [7, 11) is 0. The van der Waals surface area contributed by atoms with Gasteiger partial charge in [0.25, 0.3) is 5.69 Å². The average Bonchev–Trinajstić information content (AvgIpc) is 2.42. The van der Waals surface area contributed by atoms with Crippen LogP contribution < -0.4 is 5.32 Å². The second-order valence-electron chi connectivity index (χ2n) is 4.46. The molecule has 0 aromatic heterocycles. The number of rotatable bonds is 4. The number of nitro groups is 1. The number of nitro benzene ring substituents is 1. The number of hydrogen-bond acceptors (Lipinski definition) is 3. The zero-order valence-electron chi connectivity index (χ0n) is 10.9. The van der Waals surface area contributed by atoms with Gasteiger partial charge in [0, 0.05) is 18.2 Å². The van der Waals surface area contributed by atoms with E-state index in [-0.39, 0.29) is 14.9 Å². The molecular formula is C14H11F2IN2O2. The molecular weight excluding hydrogens is 393 g/mol. The number of anilines is 1. The van der Waals surface area contributed by atoms with E-state index in [1.165, 1.54) is 12.1 Å². The van der Waals surface area contributed by atoms with Crippen LogP contribution in [0.1, 0.15) is 18.5 Å². The summed E-state index contributed by atoms with van der Waals surface area (Å²) in [6.07, 6.45) is 0. The average molecular weight is 404 g/mol. The Bertz CT molecular complexity index is 695. The van der Waals surface area contributed by atoms with Crippen LogP contribution in [-0.2, 0) is 0 Å². The predicted octanol–water partition coefficient (Wildman–Crippen LogP) is 4.65. The van der Waals surface area contributed by atoms with E-state index in [2.05, 4.69) is 5.32 Å². The maximum atomic E-state index is 13.6. The van der Waals surface area contributed by atoms with Gasteiger partial charge in [-0.1, -0.05) is 12.1 Å². The summed E-state index contributed by atoms with van der Waals surface area (Å²) < 4.78 is 27.0. The molecule has 4 nitrogen and oxygen atoms in total. The van der Waals surface area contributed by atoms with Crippen molar-refractivity contribution < 1.29 is 13.7 Å². The number of nitrogens with zero attached hydrogens (tertiary/aromatic N) is 1. The Kier molecular flexibility index (Phi) is 4.71. The molecule has 2 aromatic rings. The second kappa shape index (κ2) is 6.33. The van der Waals surface area contributed by atoms with Crippen LogP contribution in [-0.4, -0.2) is 4.92 Å². The number of benzene rings is 2. The summed E-state index contributed by atoms with van der Waals surface area (Å²) >= 11 is 1.69. The van der Waals surface area contributed by atoms with E-state index in [0.717, 1.165) is 12.1 Å². The van der Waals surface area contributed by atoms with Crippen molar-refractivity contribution in [3.05, 3.63) is 67.3 Å². The van der Waals surface area contributed by atoms with Crippen LogP contribution >= 0.6 is 22.6 Å². The Balaban J connectivity index is 2.34. The highest BCUT2D eigenvalue weighted by Gasteiger charge is 2.19. The minimum Gasteiger partial charge on any atom is -0.373 e. The molecule has 0 spiro atoms. The highest BCUT2D eigenvalue weighted by Crippen LogP contribution is 2.31. The third kappa shape index (κ3) is 3.66. The van der Waals surface area contributed by atoms with Gasteiger partial charge in [-0.2, -0.15) is 0 Å². The van der Waals surface area contributed by atoms with E-state index in [0.29, 0.717) is 5.56 Å². The first-order valence-corrected chi connectivity index (χ1v) is 7.12. The van der Waals surface area contributed by atoms with E-state index in [1.54, 1.807) is 41.6 Å². The van der Waals surface area contributed by atoms with Crippen molar-refractivity contribution >= 4 is 34.0 Å². The lowest BCUT2D eigenvalue weighted by Gasteiger charge is -2.16. The van der Waals surface area contributed by atoms with Crippen molar-refractivity contribution in [3.63, 3.8) is 0 Å². The molecule has 21 heavy (non-hydrogen) atoms. The molecule has 0 aliphatic rings. The van der Waals surface area contributed by atoms with E-state index < -0.39 is 22.6 Å². The van der Waals surface area contributed by atoms with Crippen LogP contribution in [0.3, 0.4) is 0 Å². The molecule has 110 valence electrons. The van der Waals surface area contributed by atoms with Crippen molar-refractivity contribution in [3.8, 4) is 0 Å². The normalized spacial score (nSPS) is 12.0. The SMILES string of the molecule is CC(Nc1cc(F)c(I)cc1[N+](=O)[O-])c1cccc(F)c1. The summed E-state index contributed by atoms with van der Waals surface area (Å²) in [5.74, 6) is -0.945. The fraction of sp³-hybridized carbons (Fsp3) is 0.143. The van der Waals surface area contributed by atoms with Crippen molar-refractivity contribution in [2.24, 2.45) is 0 Å². The lowest BCUT2D eigenvalue weighted by molar-refractivity contribution is -0.384. The first kappa shape index (κ1) is 15.6. The van der Waals surface area contributed by atoms with Crippen LogP contribution in [0.15, 0.2) is 36.4 Å². The number of nitrogens with one attached hydrogen (secondary N) is 1. The van der Waals surface area contributed by atoms with Crippen molar-refractivity contribution in [2.75, 3.05) is 5.32 Å². The van der Waals surface area contributed by atoms with Crippen molar-refractivity contribution in [1.82, 2.24) is 0 Å². The van der Waals surface area contributed by atoms with E-state index in [9.17, 15) is 18.9 Å². The fourth-order valence-electron chi connectivity index (χ4n) is 1.90. The van der Waals surface area contributed by atoms with Crippen LogP contribution in [0.2, 0.25) is 0 Å². The summed E-state index contributed by atoms with van der Waals surface area (Å²) in [5, 5.41) is 13.9. The zero-order chi connectivity index (χ0) is 15.6. The smallest absolute Gasteiger partial charge is 0.293 e. The number of halogens is 3. The fourth-order valence-corrected chi connectivity index (χ4v) is 2.35. The van der Waals surface area contributed by atoms with Gasteiger partial charge in [0.15, 0.2) is 0 Å². The van der Waals surface area contributed by atoms with Gasteiger partial charge in [-0.05, 0) is 47.2 Å². The molecule has 0 fully saturated rings. The van der Waals surface area contributed by atoms with Crippen LogP contribution in [0.4, 0.5) is 20.2 Å². The highest BCUT2D eigenvalue weighted by atomic mass is 127. The van der Waals surface area contributed by atoms with Gasteiger partial charge in [-0.15, -0.1) is 0 Å². The molecule has 7 heteroatoms. The first-order valence-electron chi connectivity index (χ1n) is 6.04. The summed E-state index contributed by atoms with van der Waals surface area (Å²) in [4.78, 5) is 10.5. The molecule has 0 aliphatic heterocycles. The van der Waals surface area contributed by atoms with Crippen molar-refractivity contribution in [1.29, 1.82) is 0 Å². The van der Waals surface area contributed by atoms with Crippen LogP contribution in [0.25, 0.3) is 0 Å². The Morgan fingerprint density at radius 1 is 1.29 bits per heavy atom. The van der Waals surface area contributed by atoms with Gasteiger partial charge in [0.2, 0.25) is 0 Å². The van der Waals surface area contributed by atoms with Crippen molar-refractivity contribution in [2.45, 2.75) is 13.0 Å². The largest absolute Gasteiger partial charge is 0.373 e. The highest BCUT2D eigenvalue weighted by molar-refractivity contribution is 14.1. The minimum absolute atomic E-state index is 0.0645. The van der Waals surface area contributed by atoms with Gasteiger partial charge in [-0.3, -0.25) is 10.1 Å². The lowest BCUT2D eigenvalue weighted by atomic mass is 10.1. The first-order chi connectivity index (χ1) is 9.88. The standard InChI is InChI=1S/C14H11F2IN2O2/c1-8(9-3-2-4-10(15)5-9)18-13-6-11(16)12(17)7-14(13)19(20)21/h2-8,18H,1H3. The molecule has 0 aliphatic carbocycles. The van der Waals surface area contributed by atoms with Crippen LogP contribution in [0.5, 0.6) is 0 Å². The van der Waals surface area contributed by atoms with Gasteiger partial charge < -0.3 is 5.32 Å². The predicted molar refractivity (Wildman–Crippen MR) is 84.2 cm³/mol. The van der Waals surface area contributed by atoms with E-state index in [4.69, 9.17) is 0 Å². The Morgan fingerprint density at radius 3 is 2.62 bits per heavy atom. The molecule has 2 rings (SSSR count). The molecule has 0 heterocycles. The van der Waals surface area contributed by atoms with Gasteiger partial charge in [-0.25, -0.2) is 8.78 Å². The molecule has 0 saturated carbocycles.